The molecule has 1 fully saturated rings. The molecule has 0 heterocycles. The summed E-state index contributed by atoms with van der Waals surface area (Å²) in [6.07, 6.45) is 5.58. The molecule has 202 valence electrons. The van der Waals surface area contributed by atoms with Crippen molar-refractivity contribution in [2.45, 2.75) is 64.1 Å². The van der Waals surface area contributed by atoms with Crippen LogP contribution in [-0.2, 0) is 26.2 Å². The first-order valence-corrected chi connectivity index (χ1v) is 14.8. The van der Waals surface area contributed by atoms with E-state index in [0.717, 1.165) is 37.5 Å². The first-order valence-electron chi connectivity index (χ1n) is 12.5. The van der Waals surface area contributed by atoms with E-state index in [-0.39, 0.29) is 43.8 Å². The Labute approximate surface area is 225 Å². The van der Waals surface area contributed by atoms with Crippen molar-refractivity contribution in [1.82, 2.24) is 10.2 Å². The Morgan fingerprint density at radius 1 is 1.14 bits per heavy atom. The Bertz CT molecular complexity index is 1180. The van der Waals surface area contributed by atoms with Gasteiger partial charge < -0.3 is 15.0 Å². The van der Waals surface area contributed by atoms with E-state index in [1.54, 1.807) is 43.2 Å². The number of sulfonamides is 1. The molecular formula is C27H36ClN3O5S. The second-order valence-electron chi connectivity index (χ2n) is 9.46. The molecule has 2 amide bonds. The number of carbonyl (C=O) groups excluding carboxylic acids is 2. The molecule has 2 aromatic rings. The van der Waals surface area contributed by atoms with Crippen molar-refractivity contribution in [3.8, 4) is 5.75 Å². The highest BCUT2D eigenvalue weighted by Crippen LogP contribution is 2.23. The molecule has 1 aliphatic carbocycles. The predicted octanol–water partition coefficient (Wildman–Crippen LogP) is 4.37. The summed E-state index contributed by atoms with van der Waals surface area (Å²) in [5.41, 5.74) is 1.28. The van der Waals surface area contributed by atoms with Crippen molar-refractivity contribution >= 4 is 39.1 Å². The summed E-state index contributed by atoms with van der Waals surface area (Å²) in [6.45, 7) is 2.08. The van der Waals surface area contributed by atoms with E-state index >= 15 is 0 Å². The zero-order valence-corrected chi connectivity index (χ0v) is 23.2. The van der Waals surface area contributed by atoms with Crippen LogP contribution >= 0.6 is 11.6 Å². The second-order valence-corrected chi connectivity index (χ2v) is 11.8. The number of rotatable bonds is 12. The molecule has 1 unspecified atom stereocenters. The average Bonchev–Trinajstić information content (AvgIpc) is 3.37. The minimum Gasteiger partial charge on any atom is -0.497 e. The Morgan fingerprint density at radius 2 is 1.84 bits per heavy atom. The molecule has 0 aromatic heterocycles. The number of benzene rings is 2. The number of halogens is 1. The fraction of sp³-hybridized carbons (Fsp3) is 0.481. The molecule has 10 heteroatoms. The number of methoxy groups -OCH3 is 1. The molecule has 1 atom stereocenters. The molecule has 0 radical (unpaired) electrons. The van der Waals surface area contributed by atoms with Gasteiger partial charge in [0.15, 0.2) is 0 Å². The smallest absolute Gasteiger partial charge is 0.242 e. The Balaban J connectivity index is 1.73. The van der Waals surface area contributed by atoms with Crippen LogP contribution in [0.3, 0.4) is 0 Å². The van der Waals surface area contributed by atoms with Crippen LogP contribution in [0.4, 0.5) is 5.69 Å². The SMILES string of the molecule is COc1cccc(CN(C(=O)CCCN(c2cccc(Cl)c2)S(C)(=O)=O)C(C)C(=O)NC2CCCC2)c1. The molecule has 1 saturated carbocycles. The van der Waals surface area contributed by atoms with E-state index in [2.05, 4.69) is 5.32 Å². The first-order chi connectivity index (χ1) is 17.6. The molecule has 0 aliphatic heterocycles. The molecule has 0 bridgehead atoms. The van der Waals surface area contributed by atoms with Crippen molar-refractivity contribution in [3.05, 3.63) is 59.1 Å². The van der Waals surface area contributed by atoms with Crippen LogP contribution in [0, 0.1) is 0 Å². The van der Waals surface area contributed by atoms with Crippen LogP contribution in [0.2, 0.25) is 5.02 Å². The summed E-state index contributed by atoms with van der Waals surface area (Å²) in [6, 6.07) is 13.4. The highest BCUT2D eigenvalue weighted by molar-refractivity contribution is 7.92. The monoisotopic (exact) mass is 549 g/mol. The fourth-order valence-corrected chi connectivity index (χ4v) is 5.72. The second kappa shape index (κ2) is 13.1. The maximum atomic E-state index is 13.4. The lowest BCUT2D eigenvalue weighted by Crippen LogP contribution is -2.49. The van der Waals surface area contributed by atoms with Gasteiger partial charge in [0.05, 0.1) is 19.1 Å². The molecule has 2 aromatic carbocycles. The Kier molecular flexibility index (Phi) is 10.2. The van der Waals surface area contributed by atoms with Gasteiger partial charge in [0.2, 0.25) is 21.8 Å². The van der Waals surface area contributed by atoms with E-state index < -0.39 is 16.1 Å². The van der Waals surface area contributed by atoms with Crippen molar-refractivity contribution < 1.29 is 22.7 Å². The topological polar surface area (TPSA) is 96.0 Å². The van der Waals surface area contributed by atoms with Gasteiger partial charge in [-0.1, -0.05) is 42.6 Å². The third kappa shape index (κ3) is 8.36. The minimum absolute atomic E-state index is 0.0810. The van der Waals surface area contributed by atoms with E-state index in [1.165, 1.54) is 4.31 Å². The van der Waals surface area contributed by atoms with E-state index in [0.29, 0.717) is 16.5 Å². The van der Waals surface area contributed by atoms with Crippen molar-refractivity contribution in [1.29, 1.82) is 0 Å². The lowest BCUT2D eigenvalue weighted by Gasteiger charge is -2.30. The van der Waals surface area contributed by atoms with Gasteiger partial charge in [-0.25, -0.2) is 8.42 Å². The summed E-state index contributed by atoms with van der Waals surface area (Å²) < 4.78 is 31.4. The summed E-state index contributed by atoms with van der Waals surface area (Å²) in [4.78, 5) is 28.1. The molecule has 37 heavy (non-hydrogen) atoms. The van der Waals surface area contributed by atoms with Crippen LogP contribution in [-0.4, -0.2) is 57.1 Å². The summed E-state index contributed by atoms with van der Waals surface area (Å²) in [7, 11) is -2.00. The summed E-state index contributed by atoms with van der Waals surface area (Å²) in [5, 5.41) is 3.51. The molecule has 1 N–H and O–H groups in total. The van der Waals surface area contributed by atoms with Crippen LogP contribution in [0.1, 0.15) is 51.0 Å². The number of hydrogen-bond acceptors (Lipinski definition) is 5. The van der Waals surface area contributed by atoms with Crippen molar-refractivity contribution in [2.75, 3.05) is 24.2 Å². The number of amides is 2. The number of nitrogens with one attached hydrogen (secondary N) is 1. The molecule has 1 aliphatic rings. The van der Waals surface area contributed by atoms with Gasteiger partial charge in [-0.2, -0.15) is 0 Å². The number of hydrogen-bond donors (Lipinski definition) is 1. The van der Waals surface area contributed by atoms with Gasteiger partial charge in [0, 0.05) is 30.6 Å². The predicted molar refractivity (Wildman–Crippen MR) is 146 cm³/mol. The largest absolute Gasteiger partial charge is 0.497 e. The van der Waals surface area contributed by atoms with Crippen molar-refractivity contribution in [3.63, 3.8) is 0 Å². The highest BCUT2D eigenvalue weighted by atomic mass is 35.5. The lowest BCUT2D eigenvalue weighted by molar-refractivity contribution is -0.141. The van der Waals surface area contributed by atoms with Gasteiger partial charge in [-0.3, -0.25) is 13.9 Å². The van der Waals surface area contributed by atoms with Crippen LogP contribution in [0.15, 0.2) is 48.5 Å². The van der Waals surface area contributed by atoms with Gasteiger partial charge >= 0.3 is 0 Å². The fourth-order valence-electron chi connectivity index (χ4n) is 4.58. The number of carbonyl (C=O) groups is 2. The van der Waals surface area contributed by atoms with E-state index in [1.807, 2.05) is 24.3 Å². The zero-order valence-electron chi connectivity index (χ0n) is 21.7. The van der Waals surface area contributed by atoms with Gasteiger partial charge in [0.25, 0.3) is 0 Å². The Hall–Kier alpha value is -2.78. The van der Waals surface area contributed by atoms with Crippen LogP contribution < -0.4 is 14.4 Å². The molecule has 0 saturated heterocycles. The Morgan fingerprint density at radius 3 is 2.49 bits per heavy atom. The minimum atomic E-state index is -3.58. The first kappa shape index (κ1) is 28.8. The highest BCUT2D eigenvalue weighted by Gasteiger charge is 2.29. The summed E-state index contributed by atoms with van der Waals surface area (Å²) in [5.74, 6) is 0.259. The third-order valence-corrected chi connectivity index (χ3v) is 8.03. The summed E-state index contributed by atoms with van der Waals surface area (Å²) >= 11 is 6.06. The van der Waals surface area contributed by atoms with E-state index in [4.69, 9.17) is 16.3 Å². The van der Waals surface area contributed by atoms with Crippen LogP contribution in [0.25, 0.3) is 0 Å². The normalized spacial score (nSPS) is 14.7. The maximum absolute atomic E-state index is 13.4. The zero-order chi connectivity index (χ0) is 27.0. The molecule has 3 rings (SSSR count). The van der Waals surface area contributed by atoms with Crippen LogP contribution in [0.5, 0.6) is 5.75 Å². The van der Waals surface area contributed by atoms with Gasteiger partial charge in [-0.05, 0) is 62.1 Å². The maximum Gasteiger partial charge on any atom is 0.242 e. The van der Waals surface area contributed by atoms with E-state index in [9.17, 15) is 18.0 Å². The number of anilines is 1. The quantitative estimate of drug-likeness (QED) is 0.424. The van der Waals surface area contributed by atoms with Gasteiger partial charge in [-0.15, -0.1) is 0 Å². The molecular weight excluding hydrogens is 514 g/mol. The van der Waals surface area contributed by atoms with Gasteiger partial charge in [0.1, 0.15) is 11.8 Å². The number of nitrogens with zero attached hydrogens (tertiary/aromatic N) is 2. The molecule has 0 spiro atoms. The van der Waals surface area contributed by atoms with Crippen molar-refractivity contribution in [2.24, 2.45) is 0 Å². The standard InChI is InChI=1S/C27H36ClN3O5S/c1-20(27(33)29-23-11-4-5-12-23)30(19-21-9-6-14-25(17-21)36-2)26(32)15-8-16-31(37(3,34)35)24-13-7-10-22(28)18-24/h6-7,9-10,13-14,17-18,20,23H,4-5,8,11-12,15-16,19H2,1-3H3,(H,29,33). The number of ether oxygens (including phenoxy) is 1. The average molecular weight is 550 g/mol. The lowest BCUT2D eigenvalue weighted by atomic mass is 10.1. The molecule has 8 nitrogen and oxygen atoms in total. The third-order valence-electron chi connectivity index (χ3n) is 6.60.